The highest BCUT2D eigenvalue weighted by Gasteiger charge is 2.33. The first-order valence-electron chi connectivity index (χ1n) is 10.0. The van der Waals surface area contributed by atoms with Crippen molar-refractivity contribution in [2.45, 2.75) is 13.2 Å². The molecule has 0 radical (unpaired) electrons. The number of carboxylic acids is 1. The van der Waals surface area contributed by atoms with Crippen LogP contribution in [0.3, 0.4) is 0 Å². The molecule has 0 spiro atoms. The van der Waals surface area contributed by atoms with Crippen LogP contribution in [0, 0.1) is 0 Å². The van der Waals surface area contributed by atoms with Crippen molar-refractivity contribution in [2.75, 3.05) is 0 Å². The van der Waals surface area contributed by atoms with E-state index >= 15 is 0 Å². The van der Waals surface area contributed by atoms with Gasteiger partial charge in [-0.3, -0.25) is 9.69 Å². The Balaban J connectivity index is 1.37. The summed E-state index contributed by atoms with van der Waals surface area (Å²) in [6.45, 7) is 0.438. The molecule has 1 aliphatic rings. The van der Waals surface area contributed by atoms with Crippen LogP contribution >= 0.6 is 11.6 Å². The average molecular weight is 463 g/mol. The second-order valence-electron chi connectivity index (χ2n) is 7.37. The van der Waals surface area contributed by atoms with Gasteiger partial charge >= 0.3 is 12.0 Å². The van der Waals surface area contributed by atoms with Gasteiger partial charge in [0.1, 0.15) is 18.1 Å². The maximum Gasteiger partial charge on any atom is 0.335 e. The van der Waals surface area contributed by atoms with Gasteiger partial charge in [-0.25, -0.2) is 9.59 Å². The Bertz CT molecular complexity index is 1220. The predicted octanol–water partition coefficient (Wildman–Crippen LogP) is 4.71. The Kier molecular flexibility index (Phi) is 6.42. The second kappa shape index (κ2) is 9.58. The maximum atomic E-state index is 12.7. The third kappa shape index (κ3) is 5.39. The second-order valence-corrected chi connectivity index (χ2v) is 7.80. The van der Waals surface area contributed by atoms with Crippen molar-refractivity contribution in [1.82, 2.24) is 10.2 Å². The number of imide groups is 1. The lowest BCUT2D eigenvalue weighted by Gasteiger charge is -2.11. The Hall–Kier alpha value is -4.10. The summed E-state index contributed by atoms with van der Waals surface area (Å²) in [6, 6.07) is 20.0. The Labute approximate surface area is 194 Å². The van der Waals surface area contributed by atoms with Gasteiger partial charge in [0.15, 0.2) is 0 Å². The highest BCUT2D eigenvalue weighted by molar-refractivity contribution is 6.30. The predicted molar refractivity (Wildman–Crippen MR) is 123 cm³/mol. The van der Waals surface area contributed by atoms with Crippen molar-refractivity contribution in [3.8, 4) is 5.75 Å². The van der Waals surface area contributed by atoms with Gasteiger partial charge in [-0.2, -0.15) is 0 Å². The highest BCUT2D eigenvalue weighted by Crippen LogP contribution is 2.20. The van der Waals surface area contributed by atoms with Crippen LogP contribution in [-0.4, -0.2) is 27.9 Å². The third-order valence-corrected chi connectivity index (χ3v) is 5.27. The number of carbonyl (C=O) groups excluding carboxylic acids is 2. The number of halogens is 1. The van der Waals surface area contributed by atoms with Crippen LogP contribution in [0.4, 0.5) is 4.79 Å². The van der Waals surface area contributed by atoms with Crippen LogP contribution < -0.4 is 10.1 Å². The first-order chi connectivity index (χ1) is 15.9. The lowest BCUT2D eigenvalue weighted by Crippen LogP contribution is -2.30. The molecule has 1 aliphatic heterocycles. The van der Waals surface area contributed by atoms with Crippen LogP contribution in [0.2, 0.25) is 5.02 Å². The minimum atomic E-state index is -0.975. The molecule has 33 heavy (non-hydrogen) atoms. The highest BCUT2D eigenvalue weighted by atomic mass is 35.5. The Morgan fingerprint density at radius 3 is 2.21 bits per heavy atom. The molecule has 0 unspecified atom stereocenters. The fourth-order valence-electron chi connectivity index (χ4n) is 3.22. The van der Waals surface area contributed by atoms with Gasteiger partial charge in [0.05, 0.1) is 12.1 Å². The zero-order chi connectivity index (χ0) is 23.4. The topological polar surface area (TPSA) is 95.9 Å². The van der Waals surface area contributed by atoms with Crippen molar-refractivity contribution < 1.29 is 24.2 Å². The van der Waals surface area contributed by atoms with E-state index in [-0.39, 0.29) is 24.4 Å². The largest absolute Gasteiger partial charge is 0.489 e. The van der Waals surface area contributed by atoms with E-state index in [0.29, 0.717) is 10.8 Å². The molecule has 0 bridgehead atoms. The number of nitrogens with zero attached hydrogens (tertiary/aromatic N) is 1. The van der Waals surface area contributed by atoms with E-state index in [4.69, 9.17) is 21.4 Å². The summed E-state index contributed by atoms with van der Waals surface area (Å²) >= 11 is 5.88. The minimum absolute atomic E-state index is 0.152. The van der Waals surface area contributed by atoms with Crippen molar-refractivity contribution in [1.29, 1.82) is 0 Å². The molecule has 0 aromatic heterocycles. The van der Waals surface area contributed by atoms with Gasteiger partial charge in [0.2, 0.25) is 0 Å². The van der Waals surface area contributed by atoms with E-state index in [2.05, 4.69) is 5.32 Å². The summed E-state index contributed by atoms with van der Waals surface area (Å²) in [4.78, 5) is 37.0. The van der Waals surface area contributed by atoms with E-state index in [0.717, 1.165) is 21.6 Å². The van der Waals surface area contributed by atoms with Crippen molar-refractivity contribution in [3.63, 3.8) is 0 Å². The summed E-state index contributed by atoms with van der Waals surface area (Å²) in [6.07, 6.45) is 1.61. The van der Waals surface area contributed by atoms with Gasteiger partial charge in [-0.15, -0.1) is 0 Å². The van der Waals surface area contributed by atoms with Gasteiger partial charge in [-0.1, -0.05) is 48.0 Å². The smallest absolute Gasteiger partial charge is 0.335 e. The standard InChI is InChI=1S/C25H19ClN2O5/c26-20-9-3-17(4-10-20)14-28-23(29)22(27-25(28)32)13-16-5-11-21(12-6-16)33-15-18-1-7-19(8-2-18)24(30)31/h1-13H,14-15H2,(H,27,32)(H,30,31)/b22-13-. The molecule has 1 heterocycles. The number of carbonyl (C=O) groups is 3. The summed E-state index contributed by atoms with van der Waals surface area (Å²) in [5, 5.41) is 12.1. The molecule has 1 fully saturated rings. The Morgan fingerprint density at radius 2 is 1.58 bits per heavy atom. The molecule has 0 aliphatic carbocycles. The summed E-state index contributed by atoms with van der Waals surface area (Å²) < 4.78 is 5.72. The van der Waals surface area contributed by atoms with E-state index in [1.165, 1.54) is 12.1 Å². The van der Waals surface area contributed by atoms with E-state index in [9.17, 15) is 14.4 Å². The van der Waals surface area contributed by atoms with Gasteiger partial charge in [0.25, 0.3) is 5.91 Å². The molecule has 2 N–H and O–H groups in total. The zero-order valence-electron chi connectivity index (χ0n) is 17.3. The third-order valence-electron chi connectivity index (χ3n) is 5.01. The molecule has 8 heteroatoms. The van der Waals surface area contributed by atoms with Crippen LogP contribution in [0.15, 0.2) is 78.5 Å². The van der Waals surface area contributed by atoms with E-state index in [1.54, 1.807) is 66.7 Å². The normalized spacial score (nSPS) is 14.5. The van der Waals surface area contributed by atoms with Crippen molar-refractivity contribution >= 4 is 35.6 Å². The monoisotopic (exact) mass is 462 g/mol. The van der Waals surface area contributed by atoms with Crippen LogP contribution in [-0.2, 0) is 17.9 Å². The van der Waals surface area contributed by atoms with Crippen LogP contribution in [0.1, 0.15) is 27.0 Å². The number of aromatic carboxylic acids is 1. The molecular formula is C25H19ClN2O5. The molecule has 1 saturated heterocycles. The molecular weight excluding hydrogens is 444 g/mol. The molecule has 7 nitrogen and oxygen atoms in total. The number of hydrogen-bond donors (Lipinski definition) is 2. The first-order valence-corrected chi connectivity index (χ1v) is 10.4. The molecule has 3 aromatic rings. The number of amides is 3. The number of hydrogen-bond acceptors (Lipinski definition) is 4. The summed E-state index contributed by atoms with van der Waals surface area (Å²) in [7, 11) is 0. The van der Waals surface area contributed by atoms with Crippen LogP contribution in [0.5, 0.6) is 5.75 Å². The summed E-state index contributed by atoms with van der Waals surface area (Å²) in [5.74, 6) is -0.761. The number of nitrogens with one attached hydrogen (secondary N) is 1. The van der Waals surface area contributed by atoms with Gasteiger partial charge < -0.3 is 15.2 Å². The Morgan fingerprint density at radius 1 is 0.939 bits per heavy atom. The maximum absolute atomic E-state index is 12.7. The molecule has 0 saturated carbocycles. The number of ether oxygens (including phenoxy) is 1. The number of rotatable bonds is 7. The molecule has 3 aromatic carbocycles. The van der Waals surface area contributed by atoms with Crippen molar-refractivity contribution in [2.24, 2.45) is 0 Å². The quantitative estimate of drug-likeness (QED) is 0.391. The fourth-order valence-corrected chi connectivity index (χ4v) is 3.35. The number of benzene rings is 3. The number of carboxylic acid groups (broad SMARTS) is 1. The molecule has 4 rings (SSSR count). The average Bonchev–Trinajstić information content (AvgIpc) is 3.07. The molecule has 3 amide bonds. The lowest BCUT2D eigenvalue weighted by atomic mass is 10.1. The number of urea groups is 1. The van der Waals surface area contributed by atoms with E-state index < -0.39 is 17.9 Å². The summed E-state index contributed by atoms with van der Waals surface area (Å²) in [5.41, 5.74) is 2.78. The fraction of sp³-hybridized carbons (Fsp3) is 0.0800. The van der Waals surface area contributed by atoms with Crippen molar-refractivity contribution in [3.05, 3.63) is 106 Å². The van der Waals surface area contributed by atoms with Gasteiger partial charge in [0, 0.05) is 5.02 Å². The minimum Gasteiger partial charge on any atom is -0.489 e. The lowest BCUT2D eigenvalue weighted by molar-refractivity contribution is -0.123. The molecule has 0 atom stereocenters. The van der Waals surface area contributed by atoms with E-state index in [1.807, 2.05) is 0 Å². The zero-order valence-corrected chi connectivity index (χ0v) is 18.1. The van der Waals surface area contributed by atoms with Gasteiger partial charge in [-0.05, 0) is 59.2 Å². The molecule has 166 valence electrons. The van der Waals surface area contributed by atoms with Crippen LogP contribution in [0.25, 0.3) is 6.08 Å². The SMILES string of the molecule is O=C(O)c1ccc(COc2ccc(/C=C3\NC(=O)N(Cc4ccc(Cl)cc4)C3=O)cc2)cc1. The first kappa shape index (κ1) is 22.1.